The first kappa shape index (κ1) is 42.9. The van der Waals surface area contributed by atoms with Crippen molar-refractivity contribution in [2.45, 2.75) is 128 Å². The number of aliphatic hydroxyl groups is 4. The number of amides is 1. The maximum absolute atomic E-state index is 14.9. The van der Waals surface area contributed by atoms with Gasteiger partial charge in [-0.25, -0.2) is 14.4 Å². The van der Waals surface area contributed by atoms with Crippen LogP contribution < -0.4 is 5.32 Å². The molecule has 3 aliphatic carbocycles. The first-order valence-electron chi connectivity index (χ1n) is 19.3. The fourth-order valence-corrected chi connectivity index (χ4v) is 9.56. The zero-order chi connectivity index (χ0) is 42.7. The van der Waals surface area contributed by atoms with Gasteiger partial charge < -0.3 is 49.4 Å². The fraction of sp³-hybridized carbons (Fsp3) is 0.558. The molecule has 11 atom stereocenters. The third-order valence-corrected chi connectivity index (χ3v) is 12.6. The third-order valence-electron chi connectivity index (χ3n) is 12.6. The van der Waals surface area contributed by atoms with Crippen LogP contribution >= 0.6 is 0 Å². The second kappa shape index (κ2) is 15.2. The molecule has 1 amide bonds. The monoisotopic (exact) mass is 807 g/mol. The van der Waals surface area contributed by atoms with Crippen molar-refractivity contribution in [1.29, 1.82) is 0 Å². The number of Topliss-reactive ketones (excluding diaryl/α,β-unsaturated/α-hetero) is 1. The molecule has 3 fully saturated rings. The van der Waals surface area contributed by atoms with Crippen molar-refractivity contribution in [3.63, 3.8) is 0 Å². The van der Waals surface area contributed by atoms with E-state index in [4.69, 9.17) is 23.7 Å². The van der Waals surface area contributed by atoms with E-state index in [2.05, 4.69) is 5.32 Å². The highest BCUT2D eigenvalue weighted by molar-refractivity contribution is 5.94. The Hall–Kier alpha value is -4.67. The second-order valence-electron chi connectivity index (χ2n) is 17.6. The zero-order valence-corrected chi connectivity index (χ0v) is 33.9. The summed E-state index contributed by atoms with van der Waals surface area (Å²) in [6.07, 6.45) is -11.5. The SMILES string of the molecule is CC(=O)OC12COC1CC(O)C1(C)C(=O)C(O)C3=C(C)[C@H](OC(=O)C(O)C(NC(=O)OC(C)(C)C)c4ccccc4)CC(O)([C@H](OC(=O)c4ccccc4)C21)C3(C)C. The van der Waals surface area contributed by atoms with Crippen LogP contribution in [-0.2, 0) is 38.1 Å². The minimum absolute atomic E-state index is 0.0637. The molecule has 0 radical (unpaired) electrons. The molecule has 4 aliphatic rings. The maximum Gasteiger partial charge on any atom is 0.408 e. The van der Waals surface area contributed by atoms with Gasteiger partial charge in [0.15, 0.2) is 17.5 Å². The highest BCUT2D eigenvalue weighted by Gasteiger charge is 2.78. The molecule has 58 heavy (non-hydrogen) atoms. The molecule has 0 aromatic heterocycles. The van der Waals surface area contributed by atoms with E-state index in [0.717, 1.165) is 6.92 Å². The van der Waals surface area contributed by atoms with Crippen LogP contribution in [0, 0.1) is 16.7 Å². The fourth-order valence-electron chi connectivity index (χ4n) is 9.56. The van der Waals surface area contributed by atoms with Gasteiger partial charge in [0, 0.05) is 25.2 Å². The molecule has 314 valence electrons. The summed E-state index contributed by atoms with van der Waals surface area (Å²) in [5, 5.41) is 51.6. The number of ether oxygens (including phenoxy) is 5. The molecule has 15 nitrogen and oxygen atoms in total. The lowest BCUT2D eigenvalue weighted by Gasteiger charge is -2.67. The Bertz CT molecular complexity index is 1980. The van der Waals surface area contributed by atoms with Crippen molar-refractivity contribution in [3.8, 4) is 0 Å². The Balaban J connectivity index is 1.49. The van der Waals surface area contributed by atoms with E-state index < -0.39 is 112 Å². The van der Waals surface area contributed by atoms with E-state index >= 15 is 0 Å². The number of alkyl carbamates (subject to hydrolysis) is 1. The minimum Gasteiger partial charge on any atom is -0.456 e. The predicted octanol–water partition coefficient (Wildman–Crippen LogP) is 3.26. The van der Waals surface area contributed by atoms with Crippen molar-refractivity contribution in [3.05, 3.63) is 82.9 Å². The molecule has 5 N–H and O–H groups in total. The van der Waals surface area contributed by atoms with E-state index in [0.29, 0.717) is 5.56 Å². The van der Waals surface area contributed by atoms with Gasteiger partial charge in [-0.2, -0.15) is 0 Å². The van der Waals surface area contributed by atoms with Crippen LogP contribution in [0.5, 0.6) is 0 Å². The van der Waals surface area contributed by atoms with Gasteiger partial charge in [0.25, 0.3) is 0 Å². The average molecular weight is 808 g/mol. The maximum atomic E-state index is 14.9. The third kappa shape index (κ3) is 7.10. The molecule has 1 aliphatic heterocycles. The molecule has 1 saturated heterocycles. The summed E-state index contributed by atoms with van der Waals surface area (Å²) in [6.45, 7) is 11.8. The number of ketones is 1. The molecule has 15 heteroatoms. The van der Waals surface area contributed by atoms with Gasteiger partial charge in [0.2, 0.25) is 0 Å². The molecule has 2 bridgehead atoms. The Morgan fingerprint density at radius 1 is 0.948 bits per heavy atom. The van der Waals surface area contributed by atoms with E-state index in [1.807, 2.05) is 0 Å². The molecular weight excluding hydrogens is 754 g/mol. The van der Waals surface area contributed by atoms with Crippen LogP contribution in [0.3, 0.4) is 0 Å². The summed E-state index contributed by atoms with van der Waals surface area (Å²) in [7, 11) is 0. The number of rotatable bonds is 8. The van der Waals surface area contributed by atoms with Gasteiger partial charge in [0.1, 0.15) is 35.6 Å². The number of hydrogen-bond acceptors (Lipinski definition) is 14. The van der Waals surface area contributed by atoms with Crippen molar-refractivity contribution < 1.29 is 68.1 Å². The number of esters is 3. The normalized spacial score (nSPS) is 33.7. The quantitative estimate of drug-likeness (QED) is 0.147. The number of carbonyl (C=O) groups is 5. The second-order valence-corrected chi connectivity index (χ2v) is 17.6. The minimum atomic E-state index is -2.35. The lowest BCUT2D eigenvalue weighted by molar-refractivity contribution is -0.346. The lowest BCUT2D eigenvalue weighted by atomic mass is 9.44. The number of hydrogen-bond donors (Lipinski definition) is 5. The number of aliphatic hydroxyl groups excluding tert-OH is 3. The van der Waals surface area contributed by atoms with Crippen molar-refractivity contribution >= 4 is 29.8 Å². The Morgan fingerprint density at radius 2 is 1.55 bits per heavy atom. The highest BCUT2D eigenvalue weighted by atomic mass is 16.6. The first-order chi connectivity index (χ1) is 27.0. The van der Waals surface area contributed by atoms with Gasteiger partial charge in [-0.1, -0.05) is 62.4 Å². The van der Waals surface area contributed by atoms with Crippen LogP contribution in [-0.4, -0.2) is 110 Å². The Morgan fingerprint density at radius 3 is 2.10 bits per heavy atom. The van der Waals surface area contributed by atoms with E-state index in [-0.39, 0.29) is 29.7 Å². The summed E-state index contributed by atoms with van der Waals surface area (Å²) in [5.74, 6) is -5.36. The predicted molar refractivity (Wildman–Crippen MR) is 204 cm³/mol. The first-order valence-corrected chi connectivity index (χ1v) is 19.3. The standard InChI is InChI=1S/C43H53NO14/c1-22-26(55-37(51)32(48)30(24-15-11-9-12-16-24)44-38(52)58-39(3,4)5)20-43(53)35(56-36(50)25-17-13-10-14-18-25)33-41(8,34(49)31(47)29(22)40(43,6)7)27(46)19-28-42(33,21-54-28)57-23(2)45/h9-18,26-28,30-33,35,46-48,53H,19-21H2,1-8H3,(H,44,52)/t26-,27?,28?,30?,31?,32?,33?,35-,41?,42?,43?/m1/s1. The van der Waals surface area contributed by atoms with Gasteiger partial charge >= 0.3 is 24.0 Å². The lowest BCUT2D eigenvalue weighted by Crippen LogP contribution is -2.81. The number of nitrogens with one attached hydrogen (secondary N) is 1. The topological polar surface area (TPSA) is 224 Å². The van der Waals surface area contributed by atoms with Crippen LogP contribution in [0.1, 0.15) is 90.2 Å². The van der Waals surface area contributed by atoms with Gasteiger partial charge in [-0.3, -0.25) is 9.59 Å². The van der Waals surface area contributed by atoms with Crippen molar-refractivity contribution in [2.75, 3.05) is 6.61 Å². The number of fused-ring (bicyclic) bond motifs is 5. The van der Waals surface area contributed by atoms with E-state index in [1.165, 1.54) is 26.0 Å². The molecule has 9 unspecified atom stereocenters. The van der Waals surface area contributed by atoms with Crippen LogP contribution in [0.2, 0.25) is 0 Å². The molecule has 2 saturated carbocycles. The van der Waals surface area contributed by atoms with Crippen LogP contribution in [0.25, 0.3) is 0 Å². The highest BCUT2D eigenvalue weighted by Crippen LogP contribution is 2.64. The van der Waals surface area contributed by atoms with E-state index in [1.54, 1.807) is 83.1 Å². The van der Waals surface area contributed by atoms with Crippen LogP contribution in [0.15, 0.2) is 71.8 Å². The average Bonchev–Trinajstić information content (AvgIpc) is 3.14. The molecule has 6 rings (SSSR count). The number of carbonyl (C=O) groups excluding carboxylic acids is 5. The number of benzene rings is 2. The summed E-state index contributed by atoms with van der Waals surface area (Å²) in [4.78, 5) is 68.9. The molecule has 1 heterocycles. The Labute approximate surface area is 336 Å². The van der Waals surface area contributed by atoms with Gasteiger partial charge in [-0.15, -0.1) is 0 Å². The molecular formula is C43H53NO14. The summed E-state index contributed by atoms with van der Waals surface area (Å²) in [5.41, 5.74) is -8.14. The van der Waals surface area contributed by atoms with E-state index in [9.17, 15) is 44.4 Å². The van der Waals surface area contributed by atoms with Gasteiger partial charge in [0.05, 0.1) is 35.6 Å². The van der Waals surface area contributed by atoms with Crippen LogP contribution in [0.4, 0.5) is 4.79 Å². The smallest absolute Gasteiger partial charge is 0.408 e. The van der Waals surface area contributed by atoms with Crippen molar-refractivity contribution in [2.24, 2.45) is 16.7 Å². The summed E-state index contributed by atoms with van der Waals surface area (Å²) >= 11 is 0. The molecule has 2 aromatic carbocycles. The van der Waals surface area contributed by atoms with Crippen molar-refractivity contribution in [1.82, 2.24) is 5.32 Å². The largest absolute Gasteiger partial charge is 0.456 e. The summed E-state index contributed by atoms with van der Waals surface area (Å²) in [6, 6.07) is 14.6. The molecule has 0 spiro atoms. The molecule has 2 aromatic rings. The van der Waals surface area contributed by atoms with Gasteiger partial charge in [-0.05, 0) is 63.5 Å². The summed E-state index contributed by atoms with van der Waals surface area (Å²) < 4.78 is 29.5. The zero-order valence-electron chi connectivity index (χ0n) is 33.9. The Kier molecular flexibility index (Phi) is 11.2.